The van der Waals surface area contributed by atoms with Gasteiger partial charge in [0.1, 0.15) is 0 Å². The van der Waals surface area contributed by atoms with Crippen molar-refractivity contribution >= 4 is 17.3 Å². The molecule has 3 rings (SSSR count). The lowest BCUT2D eigenvalue weighted by molar-refractivity contribution is -0.122. The summed E-state index contributed by atoms with van der Waals surface area (Å²) in [5, 5.41) is 9.87. The van der Waals surface area contributed by atoms with Gasteiger partial charge < -0.3 is 16.0 Å². The van der Waals surface area contributed by atoms with Gasteiger partial charge in [0.2, 0.25) is 5.91 Å². The van der Waals surface area contributed by atoms with Crippen molar-refractivity contribution in [3.05, 3.63) is 60.2 Å². The Balaban J connectivity index is 1.59. The van der Waals surface area contributed by atoms with Gasteiger partial charge in [-0.1, -0.05) is 30.3 Å². The van der Waals surface area contributed by atoms with E-state index in [4.69, 9.17) is 0 Å². The number of amides is 1. The minimum Gasteiger partial charge on any atom is -0.379 e. The maximum Gasteiger partial charge on any atom is 0.244 e. The molecule has 0 bridgehead atoms. The highest BCUT2D eigenvalue weighted by molar-refractivity contribution is 5.98. The highest BCUT2D eigenvalue weighted by atomic mass is 16.2. The molecule has 1 aliphatic heterocycles. The molecular formula is C21H27N3O. The second-order valence-corrected chi connectivity index (χ2v) is 7.02. The zero-order valence-electron chi connectivity index (χ0n) is 15.0. The summed E-state index contributed by atoms with van der Waals surface area (Å²) in [6.07, 6.45) is 3.12. The molecule has 1 heterocycles. The summed E-state index contributed by atoms with van der Waals surface area (Å²) in [5.74, 6) is 0.0468. The van der Waals surface area contributed by atoms with E-state index in [9.17, 15) is 4.79 Å². The minimum atomic E-state index is -0.461. The van der Waals surface area contributed by atoms with E-state index in [0.717, 1.165) is 37.2 Å². The van der Waals surface area contributed by atoms with Crippen LogP contribution in [0.1, 0.15) is 44.7 Å². The highest BCUT2D eigenvalue weighted by Crippen LogP contribution is 2.23. The number of benzene rings is 2. The molecule has 1 aliphatic rings. The van der Waals surface area contributed by atoms with Crippen molar-refractivity contribution < 1.29 is 4.79 Å². The first-order chi connectivity index (χ1) is 12.1. The summed E-state index contributed by atoms with van der Waals surface area (Å²) in [5.41, 5.74) is 2.65. The van der Waals surface area contributed by atoms with Crippen LogP contribution in [0.25, 0.3) is 0 Å². The van der Waals surface area contributed by atoms with Crippen LogP contribution in [0.15, 0.2) is 54.6 Å². The molecule has 2 aromatic carbocycles. The number of piperidine rings is 1. The molecule has 3 N–H and O–H groups in total. The molecule has 0 radical (unpaired) electrons. The predicted octanol–water partition coefficient (Wildman–Crippen LogP) is 4.33. The van der Waals surface area contributed by atoms with Crippen LogP contribution in [0.3, 0.4) is 0 Å². The zero-order chi connectivity index (χ0) is 17.7. The summed E-state index contributed by atoms with van der Waals surface area (Å²) < 4.78 is 0. The van der Waals surface area contributed by atoms with Crippen LogP contribution >= 0.6 is 0 Å². The predicted molar refractivity (Wildman–Crippen MR) is 104 cm³/mol. The average Bonchev–Trinajstić information content (AvgIpc) is 2.64. The Labute approximate surface area is 150 Å². The van der Waals surface area contributed by atoms with Crippen molar-refractivity contribution in [2.75, 3.05) is 17.2 Å². The lowest BCUT2D eigenvalue weighted by Gasteiger charge is -2.33. The molecule has 0 aliphatic carbocycles. The van der Waals surface area contributed by atoms with E-state index in [1.165, 1.54) is 5.56 Å². The fraction of sp³-hybridized carbons (Fsp3) is 0.381. The van der Waals surface area contributed by atoms with Gasteiger partial charge in [-0.2, -0.15) is 0 Å². The van der Waals surface area contributed by atoms with E-state index < -0.39 is 5.54 Å². The summed E-state index contributed by atoms with van der Waals surface area (Å²) >= 11 is 0. The van der Waals surface area contributed by atoms with Crippen molar-refractivity contribution in [2.45, 2.75) is 44.7 Å². The van der Waals surface area contributed by atoms with E-state index in [0.29, 0.717) is 0 Å². The fourth-order valence-electron chi connectivity index (χ4n) is 3.24. The average molecular weight is 337 g/mol. The number of hydrogen-bond donors (Lipinski definition) is 3. The summed E-state index contributed by atoms with van der Waals surface area (Å²) in [4.78, 5) is 12.5. The molecule has 132 valence electrons. The molecule has 2 aromatic rings. The highest BCUT2D eigenvalue weighted by Gasteiger charge is 2.34. The van der Waals surface area contributed by atoms with Crippen LogP contribution < -0.4 is 16.0 Å². The third-order valence-electron chi connectivity index (χ3n) is 4.95. The quantitative estimate of drug-likeness (QED) is 0.761. The van der Waals surface area contributed by atoms with Gasteiger partial charge in [-0.25, -0.2) is 0 Å². The molecular weight excluding hydrogens is 310 g/mol. The van der Waals surface area contributed by atoms with E-state index in [1.807, 2.05) is 49.4 Å². The van der Waals surface area contributed by atoms with Crippen molar-refractivity contribution in [1.29, 1.82) is 0 Å². The summed E-state index contributed by atoms with van der Waals surface area (Å²) in [6, 6.07) is 18.5. The van der Waals surface area contributed by atoms with Gasteiger partial charge in [-0.15, -0.1) is 0 Å². The largest absolute Gasteiger partial charge is 0.379 e. The Morgan fingerprint density at radius 3 is 2.36 bits per heavy atom. The van der Waals surface area contributed by atoms with Crippen LogP contribution in [-0.4, -0.2) is 18.0 Å². The molecule has 2 unspecified atom stereocenters. The van der Waals surface area contributed by atoms with Crippen LogP contribution in [0, 0.1) is 0 Å². The number of nitrogens with one attached hydrogen (secondary N) is 3. The van der Waals surface area contributed by atoms with Crippen molar-refractivity contribution in [1.82, 2.24) is 5.32 Å². The fourth-order valence-corrected chi connectivity index (χ4v) is 3.24. The van der Waals surface area contributed by atoms with Gasteiger partial charge in [-0.3, -0.25) is 4.79 Å². The van der Waals surface area contributed by atoms with Crippen molar-refractivity contribution in [2.24, 2.45) is 0 Å². The Bertz CT molecular complexity index is 691. The third kappa shape index (κ3) is 4.40. The van der Waals surface area contributed by atoms with E-state index in [2.05, 4.69) is 35.0 Å². The van der Waals surface area contributed by atoms with Crippen molar-refractivity contribution in [3.8, 4) is 0 Å². The lowest BCUT2D eigenvalue weighted by Crippen LogP contribution is -2.54. The number of hydrogen-bond acceptors (Lipinski definition) is 3. The van der Waals surface area contributed by atoms with Gasteiger partial charge in [0.25, 0.3) is 0 Å². The molecule has 2 atom stereocenters. The molecule has 1 saturated heterocycles. The van der Waals surface area contributed by atoms with Crippen LogP contribution in [0.4, 0.5) is 11.4 Å². The van der Waals surface area contributed by atoms with Crippen LogP contribution in [0.5, 0.6) is 0 Å². The number of carbonyl (C=O) groups excluding carboxylic acids is 1. The van der Waals surface area contributed by atoms with Gasteiger partial charge in [0.15, 0.2) is 0 Å². The van der Waals surface area contributed by atoms with Gasteiger partial charge in [0.05, 0.1) is 5.54 Å². The Morgan fingerprint density at radius 2 is 1.72 bits per heavy atom. The minimum absolute atomic E-state index is 0.0468. The first kappa shape index (κ1) is 17.5. The molecule has 4 heteroatoms. The molecule has 4 nitrogen and oxygen atoms in total. The normalized spacial score (nSPS) is 21.4. The van der Waals surface area contributed by atoms with E-state index in [-0.39, 0.29) is 11.9 Å². The lowest BCUT2D eigenvalue weighted by atomic mass is 9.90. The molecule has 0 saturated carbocycles. The topological polar surface area (TPSA) is 53.2 Å². The summed E-state index contributed by atoms with van der Waals surface area (Å²) in [6.45, 7) is 5.03. The first-order valence-electron chi connectivity index (χ1n) is 9.05. The molecule has 1 amide bonds. The first-order valence-corrected chi connectivity index (χ1v) is 9.05. The molecule has 0 spiro atoms. The Kier molecular flexibility index (Phi) is 5.39. The van der Waals surface area contributed by atoms with Crippen molar-refractivity contribution in [3.63, 3.8) is 0 Å². The zero-order valence-corrected chi connectivity index (χ0v) is 15.0. The third-order valence-corrected chi connectivity index (χ3v) is 4.95. The Morgan fingerprint density at radius 1 is 1.04 bits per heavy atom. The standard InChI is InChI=1S/C21H27N3O/c1-16(17-8-4-3-5-9-17)23-18-10-12-19(13-11-18)24-20(25)21(2)14-6-7-15-22-21/h3-5,8-13,16,22-23H,6-7,14-15H2,1-2H3,(H,24,25). The Hall–Kier alpha value is -2.33. The molecule has 1 fully saturated rings. The van der Waals surface area contributed by atoms with Crippen LogP contribution in [0.2, 0.25) is 0 Å². The second kappa shape index (κ2) is 7.70. The van der Waals surface area contributed by atoms with Gasteiger partial charge >= 0.3 is 0 Å². The number of anilines is 2. The smallest absolute Gasteiger partial charge is 0.244 e. The number of carbonyl (C=O) groups is 1. The summed E-state index contributed by atoms with van der Waals surface area (Å²) in [7, 11) is 0. The molecule has 25 heavy (non-hydrogen) atoms. The number of rotatable bonds is 5. The van der Waals surface area contributed by atoms with Gasteiger partial charge in [-0.05, 0) is 69.5 Å². The maximum absolute atomic E-state index is 12.5. The maximum atomic E-state index is 12.5. The second-order valence-electron chi connectivity index (χ2n) is 7.02. The monoisotopic (exact) mass is 337 g/mol. The van der Waals surface area contributed by atoms with E-state index >= 15 is 0 Å². The van der Waals surface area contributed by atoms with E-state index in [1.54, 1.807) is 0 Å². The molecule has 0 aromatic heterocycles. The van der Waals surface area contributed by atoms with Gasteiger partial charge in [0, 0.05) is 17.4 Å². The van der Waals surface area contributed by atoms with Crippen LogP contribution in [-0.2, 0) is 4.79 Å². The SMILES string of the molecule is CC(Nc1ccc(NC(=O)C2(C)CCCCN2)cc1)c1ccccc1.